The van der Waals surface area contributed by atoms with Crippen molar-refractivity contribution in [3.8, 4) is 0 Å². The summed E-state index contributed by atoms with van der Waals surface area (Å²) in [6.45, 7) is 6.94. The minimum absolute atomic E-state index is 0. The lowest BCUT2D eigenvalue weighted by Gasteiger charge is -2.28. The first-order chi connectivity index (χ1) is 8.83. The second-order valence-corrected chi connectivity index (χ2v) is 6.09. The average molecular weight is 288 g/mol. The highest BCUT2D eigenvalue weighted by Crippen LogP contribution is 2.23. The van der Waals surface area contributed by atoms with Crippen LogP contribution in [0.4, 0.5) is 0 Å². The van der Waals surface area contributed by atoms with Crippen molar-refractivity contribution in [2.75, 3.05) is 39.3 Å². The fourth-order valence-electron chi connectivity index (χ4n) is 3.72. The zero-order valence-corrected chi connectivity index (χ0v) is 12.5. The third-order valence-electron chi connectivity index (χ3n) is 4.77. The van der Waals surface area contributed by atoms with Gasteiger partial charge in [0.15, 0.2) is 0 Å². The summed E-state index contributed by atoms with van der Waals surface area (Å²) in [6, 6.07) is 0.515. The van der Waals surface area contributed by atoms with Crippen molar-refractivity contribution in [3.63, 3.8) is 0 Å². The Kier molecular flexibility index (Phi) is 5.48. The molecule has 4 nitrogen and oxygen atoms in total. The van der Waals surface area contributed by atoms with E-state index in [4.69, 9.17) is 0 Å². The van der Waals surface area contributed by atoms with Crippen molar-refractivity contribution < 1.29 is 4.79 Å². The Morgan fingerprint density at radius 1 is 1.16 bits per heavy atom. The molecule has 3 aliphatic heterocycles. The molecule has 1 atom stereocenters. The van der Waals surface area contributed by atoms with Crippen molar-refractivity contribution in [2.24, 2.45) is 5.92 Å². The highest BCUT2D eigenvalue weighted by molar-refractivity contribution is 5.85. The van der Waals surface area contributed by atoms with E-state index < -0.39 is 0 Å². The van der Waals surface area contributed by atoms with Gasteiger partial charge in [-0.15, -0.1) is 12.4 Å². The molecule has 0 spiro atoms. The van der Waals surface area contributed by atoms with E-state index >= 15 is 0 Å². The summed E-state index contributed by atoms with van der Waals surface area (Å²) in [4.78, 5) is 16.5. The molecule has 110 valence electrons. The van der Waals surface area contributed by atoms with Crippen LogP contribution in [0.15, 0.2) is 0 Å². The van der Waals surface area contributed by atoms with E-state index in [0.29, 0.717) is 11.9 Å². The number of carbonyl (C=O) groups is 1. The van der Waals surface area contributed by atoms with Crippen LogP contribution in [0, 0.1) is 5.92 Å². The lowest BCUT2D eigenvalue weighted by Crippen LogP contribution is -2.40. The third-order valence-corrected chi connectivity index (χ3v) is 4.77. The number of hydrogen-bond acceptors (Lipinski definition) is 3. The van der Waals surface area contributed by atoms with Crippen LogP contribution >= 0.6 is 12.4 Å². The van der Waals surface area contributed by atoms with Gasteiger partial charge < -0.3 is 15.1 Å². The minimum Gasteiger partial charge on any atom is -0.338 e. The normalized spacial score (nSPS) is 29.8. The van der Waals surface area contributed by atoms with Gasteiger partial charge in [0.2, 0.25) is 5.91 Å². The monoisotopic (exact) mass is 287 g/mol. The van der Waals surface area contributed by atoms with Crippen LogP contribution < -0.4 is 5.32 Å². The topological polar surface area (TPSA) is 35.6 Å². The number of carbonyl (C=O) groups excluding carboxylic acids is 1. The third kappa shape index (κ3) is 3.61. The van der Waals surface area contributed by atoms with E-state index in [2.05, 4.69) is 15.1 Å². The van der Waals surface area contributed by atoms with Gasteiger partial charge >= 0.3 is 0 Å². The van der Waals surface area contributed by atoms with Gasteiger partial charge in [-0.2, -0.15) is 0 Å². The van der Waals surface area contributed by atoms with Gasteiger partial charge in [0.1, 0.15) is 0 Å². The molecule has 1 unspecified atom stereocenters. The smallest absolute Gasteiger partial charge is 0.222 e. The van der Waals surface area contributed by atoms with Crippen LogP contribution in [-0.4, -0.2) is 61.0 Å². The lowest BCUT2D eigenvalue weighted by molar-refractivity contribution is -0.129. The highest BCUT2D eigenvalue weighted by atomic mass is 35.5. The Bertz CT molecular complexity index is 307. The van der Waals surface area contributed by atoms with Crippen molar-refractivity contribution in [3.05, 3.63) is 0 Å². The number of rotatable bonds is 3. The second-order valence-electron chi connectivity index (χ2n) is 6.09. The predicted molar refractivity (Wildman–Crippen MR) is 78.6 cm³/mol. The van der Waals surface area contributed by atoms with Crippen LogP contribution in [0.3, 0.4) is 0 Å². The second kappa shape index (κ2) is 6.91. The predicted octanol–water partition coefficient (Wildman–Crippen LogP) is 1.10. The van der Waals surface area contributed by atoms with Crippen molar-refractivity contribution >= 4 is 18.3 Å². The van der Waals surface area contributed by atoms with E-state index in [9.17, 15) is 4.79 Å². The Labute approximate surface area is 122 Å². The summed E-state index contributed by atoms with van der Waals surface area (Å²) in [6.07, 6.45) is 5.69. The number of halogens is 1. The molecule has 3 heterocycles. The molecule has 1 N–H and O–H groups in total. The highest BCUT2D eigenvalue weighted by Gasteiger charge is 2.33. The molecule has 0 aromatic carbocycles. The quantitative estimate of drug-likeness (QED) is 0.844. The maximum atomic E-state index is 11.8. The van der Waals surface area contributed by atoms with Crippen LogP contribution in [0.5, 0.6) is 0 Å². The summed E-state index contributed by atoms with van der Waals surface area (Å²) < 4.78 is 0. The summed E-state index contributed by atoms with van der Waals surface area (Å²) in [5.74, 6) is 1.27. The fourth-order valence-corrected chi connectivity index (χ4v) is 3.72. The van der Waals surface area contributed by atoms with Gasteiger partial charge in [0.05, 0.1) is 0 Å². The molecule has 0 aromatic heterocycles. The van der Waals surface area contributed by atoms with Gasteiger partial charge in [0.25, 0.3) is 0 Å². The molecule has 0 radical (unpaired) electrons. The van der Waals surface area contributed by atoms with Gasteiger partial charge in [0, 0.05) is 38.6 Å². The summed E-state index contributed by atoms with van der Waals surface area (Å²) in [5, 5.41) is 3.43. The number of amides is 1. The first-order valence-electron chi connectivity index (χ1n) is 7.55. The molecule has 3 saturated heterocycles. The molecule has 0 aliphatic carbocycles. The summed E-state index contributed by atoms with van der Waals surface area (Å²) >= 11 is 0. The van der Waals surface area contributed by atoms with E-state index in [-0.39, 0.29) is 12.4 Å². The standard InChI is InChI=1S/C14H25N3O.ClH/c18-14-2-1-8-17(14)13-5-9-16(11-13)10-12-3-6-15-7-4-12;/h12-13,15H,1-11H2;1H. The SMILES string of the molecule is Cl.O=C1CCCN1C1CCN(CC2CCNCC2)C1. The molecule has 5 heteroatoms. The van der Waals surface area contributed by atoms with E-state index in [1.807, 2.05) is 0 Å². The average Bonchev–Trinajstić information content (AvgIpc) is 2.99. The van der Waals surface area contributed by atoms with Crippen LogP contribution in [0.2, 0.25) is 0 Å². The molecule has 19 heavy (non-hydrogen) atoms. The molecular weight excluding hydrogens is 262 g/mol. The molecule has 1 amide bonds. The summed E-state index contributed by atoms with van der Waals surface area (Å²) in [5.41, 5.74) is 0. The molecule has 0 bridgehead atoms. The number of piperidine rings is 1. The fraction of sp³-hybridized carbons (Fsp3) is 0.929. The lowest BCUT2D eigenvalue weighted by atomic mass is 9.98. The number of nitrogens with one attached hydrogen (secondary N) is 1. The van der Waals surface area contributed by atoms with Gasteiger partial charge in [-0.1, -0.05) is 0 Å². The van der Waals surface area contributed by atoms with E-state index in [0.717, 1.165) is 31.8 Å². The maximum absolute atomic E-state index is 11.8. The number of likely N-dealkylation sites (tertiary alicyclic amines) is 2. The molecule has 3 aliphatic rings. The Balaban J connectivity index is 0.00000133. The zero-order valence-electron chi connectivity index (χ0n) is 11.6. The largest absolute Gasteiger partial charge is 0.338 e. The van der Waals surface area contributed by atoms with Crippen LogP contribution in [-0.2, 0) is 4.79 Å². The Morgan fingerprint density at radius 3 is 2.63 bits per heavy atom. The maximum Gasteiger partial charge on any atom is 0.222 e. The Hall–Kier alpha value is -0.320. The minimum atomic E-state index is 0. The first kappa shape index (κ1) is 15.1. The molecule has 3 fully saturated rings. The van der Waals surface area contributed by atoms with Gasteiger partial charge in [-0.3, -0.25) is 4.79 Å². The zero-order chi connectivity index (χ0) is 12.4. The van der Waals surface area contributed by atoms with Gasteiger partial charge in [-0.05, 0) is 44.7 Å². The molecule has 0 aromatic rings. The van der Waals surface area contributed by atoms with Gasteiger partial charge in [-0.25, -0.2) is 0 Å². The van der Waals surface area contributed by atoms with Crippen molar-refractivity contribution in [2.45, 2.75) is 38.1 Å². The van der Waals surface area contributed by atoms with E-state index in [1.165, 1.54) is 45.4 Å². The van der Waals surface area contributed by atoms with Crippen LogP contribution in [0.25, 0.3) is 0 Å². The number of hydrogen-bond donors (Lipinski definition) is 1. The molecule has 0 saturated carbocycles. The van der Waals surface area contributed by atoms with E-state index in [1.54, 1.807) is 0 Å². The number of nitrogens with zero attached hydrogens (tertiary/aromatic N) is 2. The molecule has 3 rings (SSSR count). The summed E-state index contributed by atoms with van der Waals surface area (Å²) in [7, 11) is 0. The van der Waals surface area contributed by atoms with Crippen molar-refractivity contribution in [1.29, 1.82) is 0 Å². The first-order valence-corrected chi connectivity index (χ1v) is 7.55. The van der Waals surface area contributed by atoms with Crippen molar-refractivity contribution in [1.82, 2.24) is 15.1 Å². The Morgan fingerprint density at radius 2 is 1.95 bits per heavy atom. The molecular formula is C14H26ClN3O. The van der Waals surface area contributed by atoms with Crippen LogP contribution in [0.1, 0.15) is 32.1 Å².